The molecule has 2 amide bonds. The number of imide groups is 1. The summed E-state index contributed by atoms with van der Waals surface area (Å²) in [5.41, 5.74) is -2.64. The van der Waals surface area contributed by atoms with Crippen LogP contribution in [0.5, 0.6) is 0 Å². The molecule has 170 valence electrons. The third kappa shape index (κ3) is 11.5. The summed E-state index contributed by atoms with van der Waals surface area (Å²) in [5, 5.41) is 0. The number of rotatable bonds is 5. The van der Waals surface area contributed by atoms with Gasteiger partial charge in [-0.3, -0.25) is 0 Å². The van der Waals surface area contributed by atoms with Crippen LogP contribution in [-0.4, -0.2) is 50.7 Å². The van der Waals surface area contributed by atoms with E-state index in [0.717, 1.165) is 0 Å². The van der Waals surface area contributed by atoms with Crippen molar-refractivity contribution in [2.24, 2.45) is 5.92 Å². The Kier molecular flexibility index (Phi) is 9.78. The molecule has 0 aromatic carbocycles. The number of carbonyl (C=O) groups excluding carboxylic acids is 3. The first-order valence-electron chi connectivity index (χ1n) is 9.49. The Morgan fingerprint density at radius 1 is 0.759 bits per heavy atom. The molecular formula is C20H35Cl2NO6. The highest BCUT2D eigenvalue weighted by molar-refractivity contribution is 6.44. The molecule has 0 radical (unpaired) electrons. The van der Waals surface area contributed by atoms with E-state index >= 15 is 0 Å². The molecule has 0 fully saturated rings. The van der Waals surface area contributed by atoms with Gasteiger partial charge in [0.25, 0.3) is 0 Å². The molecule has 0 unspecified atom stereocenters. The normalized spacial score (nSPS) is 14.8. The second-order valence-electron chi connectivity index (χ2n) is 9.93. The van der Waals surface area contributed by atoms with E-state index < -0.39 is 51.8 Å². The van der Waals surface area contributed by atoms with Crippen molar-refractivity contribution in [3.8, 4) is 0 Å². The van der Waals surface area contributed by atoms with E-state index in [1.54, 1.807) is 69.2 Å². The lowest BCUT2D eigenvalue weighted by atomic mass is 10.0. The Balaban J connectivity index is 6.17. The molecule has 0 heterocycles. The Hall–Kier alpha value is -1.21. The third-order valence-electron chi connectivity index (χ3n) is 3.20. The van der Waals surface area contributed by atoms with Crippen molar-refractivity contribution in [1.82, 2.24) is 4.90 Å². The Labute approximate surface area is 184 Å². The molecule has 0 aromatic heterocycles. The lowest BCUT2D eigenvalue weighted by Crippen LogP contribution is -2.54. The van der Waals surface area contributed by atoms with Crippen LogP contribution in [0.3, 0.4) is 0 Å². The highest BCUT2D eigenvalue weighted by Gasteiger charge is 2.43. The van der Waals surface area contributed by atoms with E-state index in [0.29, 0.717) is 4.90 Å². The average Bonchev–Trinajstić information content (AvgIpc) is 2.40. The van der Waals surface area contributed by atoms with Gasteiger partial charge >= 0.3 is 18.2 Å². The Morgan fingerprint density at radius 3 is 1.38 bits per heavy atom. The van der Waals surface area contributed by atoms with Gasteiger partial charge in [-0.1, -0.05) is 6.92 Å². The number of amides is 2. The van der Waals surface area contributed by atoms with Gasteiger partial charge in [-0.05, 0) is 74.7 Å². The second-order valence-corrected chi connectivity index (χ2v) is 11.1. The molecule has 2 atom stereocenters. The van der Waals surface area contributed by atoms with Crippen molar-refractivity contribution in [2.45, 2.75) is 103 Å². The Morgan fingerprint density at radius 2 is 1.10 bits per heavy atom. The summed E-state index contributed by atoms with van der Waals surface area (Å²) in [6, 6.07) is -1.33. The standard InChI is InChI=1S/C20H35Cl2NO6/c1-12(14(21)22)11-13(15(24)27-18(2,3)4)23(16(25)28-19(5,6)7)17(26)29-20(8,9)10/h12-14H,11H2,1-10H3/t12-,13-/m0/s1. The number of esters is 1. The van der Waals surface area contributed by atoms with Gasteiger partial charge < -0.3 is 14.2 Å². The van der Waals surface area contributed by atoms with Gasteiger partial charge in [0, 0.05) is 0 Å². The quantitative estimate of drug-likeness (QED) is 0.300. The topological polar surface area (TPSA) is 82.1 Å². The molecular weight excluding hydrogens is 421 g/mol. The van der Waals surface area contributed by atoms with Gasteiger partial charge in [-0.25, -0.2) is 14.4 Å². The van der Waals surface area contributed by atoms with Crippen LogP contribution in [0.1, 0.15) is 75.7 Å². The molecule has 0 aliphatic carbocycles. The number of hydrogen-bond donors (Lipinski definition) is 0. The maximum absolute atomic E-state index is 12.9. The fraction of sp³-hybridized carbons (Fsp3) is 0.850. The van der Waals surface area contributed by atoms with Crippen molar-refractivity contribution in [3.63, 3.8) is 0 Å². The molecule has 29 heavy (non-hydrogen) atoms. The molecule has 0 aromatic rings. The molecule has 7 nitrogen and oxygen atoms in total. The van der Waals surface area contributed by atoms with Crippen molar-refractivity contribution in [2.75, 3.05) is 0 Å². The maximum Gasteiger partial charge on any atom is 0.420 e. The zero-order valence-electron chi connectivity index (χ0n) is 19.1. The van der Waals surface area contributed by atoms with E-state index in [4.69, 9.17) is 37.4 Å². The van der Waals surface area contributed by atoms with Crippen LogP contribution in [0.15, 0.2) is 0 Å². The van der Waals surface area contributed by atoms with Crippen molar-refractivity contribution in [3.05, 3.63) is 0 Å². The summed E-state index contributed by atoms with van der Waals surface area (Å²) in [4.78, 5) is 38.5. The monoisotopic (exact) mass is 455 g/mol. The minimum absolute atomic E-state index is 0.0228. The zero-order valence-corrected chi connectivity index (χ0v) is 20.6. The van der Waals surface area contributed by atoms with Crippen LogP contribution >= 0.6 is 23.2 Å². The van der Waals surface area contributed by atoms with E-state index in [2.05, 4.69) is 0 Å². The zero-order chi connectivity index (χ0) is 23.4. The molecule has 0 aliphatic rings. The summed E-state index contributed by atoms with van der Waals surface area (Å²) in [6.45, 7) is 16.6. The van der Waals surface area contributed by atoms with Crippen LogP contribution in [0.25, 0.3) is 0 Å². The molecule has 0 bridgehead atoms. The van der Waals surface area contributed by atoms with Crippen LogP contribution in [-0.2, 0) is 19.0 Å². The molecule has 0 aliphatic heterocycles. The number of carbonyl (C=O) groups is 3. The fourth-order valence-electron chi connectivity index (χ4n) is 2.08. The summed E-state index contributed by atoms with van der Waals surface area (Å²) in [5.74, 6) is -1.21. The molecule has 0 spiro atoms. The van der Waals surface area contributed by atoms with Gasteiger partial charge in [0.15, 0.2) is 0 Å². The summed E-state index contributed by atoms with van der Waals surface area (Å²) in [7, 11) is 0. The smallest absolute Gasteiger partial charge is 0.420 e. The highest BCUT2D eigenvalue weighted by atomic mass is 35.5. The van der Waals surface area contributed by atoms with Gasteiger partial charge in [0.1, 0.15) is 27.7 Å². The predicted molar refractivity (Wildman–Crippen MR) is 113 cm³/mol. The van der Waals surface area contributed by atoms with E-state index in [-0.39, 0.29) is 6.42 Å². The van der Waals surface area contributed by atoms with Crippen molar-refractivity contribution < 1.29 is 28.6 Å². The van der Waals surface area contributed by atoms with Gasteiger partial charge in [-0.15, -0.1) is 23.2 Å². The first-order valence-corrected chi connectivity index (χ1v) is 10.4. The van der Waals surface area contributed by atoms with Crippen LogP contribution in [0.4, 0.5) is 9.59 Å². The minimum atomic E-state index is -1.33. The van der Waals surface area contributed by atoms with Gasteiger partial charge in [-0.2, -0.15) is 4.90 Å². The van der Waals surface area contributed by atoms with E-state index in [9.17, 15) is 14.4 Å². The van der Waals surface area contributed by atoms with Crippen molar-refractivity contribution >= 4 is 41.4 Å². The largest absolute Gasteiger partial charge is 0.458 e. The molecule has 9 heteroatoms. The molecule has 0 saturated heterocycles. The van der Waals surface area contributed by atoms with Crippen LogP contribution < -0.4 is 0 Å². The van der Waals surface area contributed by atoms with Crippen molar-refractivity contribution in [1.29, 1.82) is 0 Å². The summed E-state index contributed by atoms with van der Waals surface area (Å²) in [6.07, 6.45) is -2.06. The summed E-state index contributed by atoms with van der Waals surface area (Å²) < 4.78 is 16.1. The number of hydrogen-bond acceptors (Lipinski definition) is 6. The van der Waals surface area contributed by atoms with E-state index in [1.807, 2.05) is 0 Å². The summed E-state index contributed by atoms with van der Waals surface area (Å²) >= 11 is 11.9. The number of nitrogens with zero attached hydrogens (tertiary/aromatic N) is 1. The number of alkyl halides is 2. The van der Waals surface area contributed by atoms with E-state index in [1.165, 1.54) is 0 Å². The lowest BCUT2D eigenvalue weighted by molar-refractivity contribution is -0.161. The van der Waals surface area contributed by atoms with Crippen LogP contribution in [0.2, 0.25) is 0 Å². The first kappa shape index (κ1) is 27.8. The Bertz CT molecular complexity index is 559. The van der Waals surface area contributed by atoms with Crippen LogP contribution in [0, 0.1) is 5.92 Å². The highest BCUT2D eigenvalue weighted by Crippen LogP contribution is 2.26. The molecule has 0 saturated carbocycles. The first-order chi connectivity index (χ1) is 12.7. The molecule has 0 rings (SSSR count). The second kappa shape index (κ2) is 10.2. The number of ether oxygens (including phenoxy) is 3. The molecule has 0 N–H and O–H groups in total. The van der Waals surface area contributed by atoms with Gasteiger partial charge in [0.2, 0.25) is 0 Å². The average molecular weight is 456 g/mol. The maximum atomic E-state index is 12.9. The fourth-order valence-corrected chi connectivity index (χ4v) is 2.29. The predicted octanol–water partition coefficient (Wildman–Crippen LogP) is 5.70. The number of halogens is 2. The lowest BCUT2D eigenvalue weighted by Gasteiger charge is -2.34. The van der Waals surface area contributed by atoms with Gasteiger partial charge in [0.05, 0.1) is 0 Å². The third-order valence-corrected chi connectivity index (χ3v) is 4.06. The minimum Gasteiger partial charge on any atom is -0.458 e. The SMILES string of the molecule is C[C@@H](C[C@@H](C(=O)OC(C)(C)C)N(C(=O)OC(C)(C)C)C(=O)OC(C)(C)C)C(Cl)Cl.